The summed E-state index contributed by atoms with van der Waals surface area (Å²) in [7, 11) is 0. The van der Waals surface area contributed by atoms with Gasteiger partial charge in [0.2, 0.25) is 0 Å². The van der Waals surface area contributed by atoms with Gasteiger partial charge in [-0.3, -0.25) is 14.5 Å². The molecule has 1 aromatic carbocycles. The summed E-state index contributed by atoms with van der Waals surface area (Å²) in [5.74, 6) is 0.850. The second kappa shape index (κ2) is 6.41. The highest BCUT2D eigenvalue weighted by Crippen LogP contribution is 2.29. The van der Waals surface area contributed by atoms with Crippen LogP contribution in [-0.2, 0) is 6.54 Å². The van der Waals surface area contributed by atoms with Crippen LogP contribution in [0.15, 0.2) is 41.4 Å². The van der Waals surface area contributed by atoms with Crippen LogP contribution in [0.5, 0.6) is 0 Å². The lowest BCUT2D eigenvalue weighted by molar-refractivity contribution is 0.0982. The quantitative estimate of drug-likeness (QED) is 0.783. The monoisotopic (exact) mass is 356 g/mol. The van der Waals surface area contributed by atoms with Crippen LogP contribution in [0.25, 0.3) is 10.2 Å². The van der Waals surface area contributed by atoms with Crippen LogP contribution in [0.1, 0.15) is 20.9 Å². The van der Waals surface area contributed by atoms with Gasteiger partial charge in [0.15, 0.2) is 5.17 Å². The number of fused-ring (bicyclic) bond motifs is 1. The van der Waals surface area contributed by atoms with E-state index in [1.165, 1.54) is 16.9 Å². The van der Waals surface area contributed by atoms with Crippen molar-refractivity contribution in [3.63, 3.8) is 0 Å². The largest absolute Gasteiger partial charge is 0.301 e. The summed E-state index contributed by atoms with van der Waals surface area (Å²) in [5.41, 5.74) is 2.14. The number of nitrogens with zero attached hydrogens (tertiary/aromatic N) is 3. The molecule has 0 atom stereocenters. The number of thiophene rings is 1. The van der Waals surface area contributed by atoms with Gasteiger partial charge in [0.25, 0.3) is 5.91 Å². The Labute approximate surface area is 147 Å². The fourth-order valence-corrected chi connectivity index (χ4v) is 4.44. The number of thioether (sulfide) groups is 1. The van der Waals surface area contributed by atoms with E-state index in [2.05, 4.69) is 27.5 Å². The fraction of sp³-hybridized carbons (Fsp3) is 0.235. The maximum absolute atomic E-state index is 12.4. The Morgan fingerprint density at radius 1 is 1.33 bits per heavy atom. The molecule has 1 N–H and O–H groups in total. The molecule has 0 spiro atoms. The van der Waals surface area contributed by atoms with Crippen molar-refractivity contribution in [2.45, 2.75) is 13.5 Å². The number of hydrogen-bond acceptors (Lipinski definition) is 5. The van der Waals surface area contributed by atoms with E-state index in [0.717, 1.165) is 33.4 Å². The first kappa shape index (κ1) is 15.4. The van der Waals surface area contributed by atoms with Gasteiger partial charge in [0.05, 0.1) is 23.7 Å². The molecule has 1 amide bonds. The molecular weight excluding hydrogens is 340 g/mol. The summed E-state index contributed by atoms with van der Waals surface area (Å²) in [5, 5.41) is 9.27. The molecule has 0 bridgehead atoms. The first-order valence-corrected chi connectivity index (χ1v) is 9.50. The summed E-state index contributed by atoms with van der Waals surface area (Å²) in [4.78, 5) is 18.4. The van der Waals surface area contributed by atoms with E-state index < -0.39 is 0 Å². The molecule has 7 heteroatoms. The van der Waals surface area contributed by atoms with Crippen molar-refractivity contribution in [1.29, 1.82) is 0 Å². The van der Waals surface area contributed by atoms with Crippen LogP contribution in [0.2, 0.25) is 0 Å². The molecule has 0 aliphatic carbocycles. The smallest absolute Gasteiger partial charge is 0.267 e. The Morgan fingerprint density at radius 2 is 2.17 bits per heavy atom. The predicted octanol–water partition coefficient (Wildman–Crippen LogP) is 3.29. The van der Waals surface area contributed by atoms with Gasteiger partial charge in [0, 0.05) is 11.1 Å². The molecule has 0 saturated heterocycles. The number of hydrogen-bond donors (Lipinski definition) is 1. The number of aromatic nitrogens is 2. The van der Waals surface area contributed by atoms with Crippen LogP contribution < -0.4 is 5.32 Å². The van der Waals surface area contributed by atoms with Gasteiger partial charge in [-0.1, -0.05) is 42.1 Å². The van der Waals surface area contributed by atoms with Gasteiger partial charge >= 0.3 is 0 Å². The minimum Gasteiger partial charge on any atom is -0.301 e. The molecule has 0 unspecified atom stereocenters. The number of rotatable bonds is 3. The van der Waals surface area contributed by atoms with Crippen LogP contribution in [0.4, 0.5) is 0 Å². The fourth-order valence-electron chi connectivity index (χ4n) is 2.66. The summed E-state index contributed by atoms with van der Waals surface area (Å²) in [6, 6.07) is 12.1. The minimum absolute atomic E-state index is 0.0880. The van der Waals surface area contributed by atoms with Gasteiger partial charge in [-0.05, 0) is 18.6 Å². The normalized spacial score (nSPS) is 14.1. The average molecular weight is 356 g/mol. The molecule has 1 aliphatic heterocycles. The number of carbonyl (C=O) groups is 1. The van der Waals surface area contributed by atoms with E-state index in [-0.39, 0.29) is 5.91 Å². The van der Waals surface area contributed by atoms with E-state index >= 15 is 0 Å². The van der Waals surface area contributed by atoms with Crippen molar-refractivity contribution in [3.05, 3.63) is 52.5 Å². The predicted molar refractivity (Wildman–Crippen MR) is 100 cm³/mol. The zero-order chi connectivity index (χ0) is 16.5. The van der Waals surface area contributed by atoms with Gasteiger partial charge < -0.3 is 5.32 Å². The standard InChI is InChI=1S/C17H16N4OS2/c1-11-13-9-14(15(22)19-17-18-7-8-23-17)24-16(13)21(20-11)10-12-5-3-2-4-6-12/h2-6,9H,7-8,10H2,1H3,(H,18,19,22). The van der Waals surface area contributed by atoms with E-state index in [1.54, 1.807) is 11.8 Å². The lowest BCUT2D eigenvalue weighted by atomic mass is 10.2. The second-order valence-corrected chi connectivity index (χ2v) is 7.66. The molecule has 3 aromatic rings. The Morgan fingerprint density at radius 3 is 2.92 bits per heavy atom. The Kier molecular flexibility index (Phi) is 4.12. The van der Waals surface area contributed by atoms with Crippen molar-refractivity contribution < 1.29 is 4.79 Å². The van der Waals surface area contributed by atoms with Crippen LogP contribution in [-0.4, -0.2) is 33.2 Å². The van der Waals surface area contributed by atoms with Crippen LogP contribution in [0, 0.1) is 6.92 Å². The zero-order valence-corrected chi connectivity index (χ0v) is 14.8. The van der Waals surface area contributed by atoms with E-state index in [4.69, 9.17) is 0 Å². The molecule has 4 rings (SSSR count). The van der Waals surface area contributed by atoms with Crippen molar-refractivity contribution in [2.24, 2.45) is 4.99 Å². The topological polar surface area (TPSA) is 59.3 Å². The number of carbonyl (C=O) groups excluding carboxylic acids is 1. The highest BCUT2D eigenvalue weighted by atomic mass is 32.2. The van der Waals surface area contributed by atoms with E-state index in [9.17, 15) is 4.79 Å². The number of aryl methyl sites for hydroxylation is 1. The Bertz CT molecular complexity index is 927. The molecule has 1 aliphatic rings. The summed E-state index contributed by atoms with van der Waals surface area (Å²) < 4.78 is 1.98. The summed E-state index contributed by atoms with van der Waals surface area (Å²) in [6.45, 7) is 3.46. The summed E-state index contributed by atoms with van der Waals surface area (Å²) in [6.07, 6.45) is 0. The summed E-state index contributed by atoms with van der Waals surface area (Å²) >= 11 is 3.07. The molecule has 3 heterocycles. The first-order valence-electron chi connectivity index (χ1n) is 7.70. The number of nitrogens with one attached hydrogen (secondary N) is 1. The highest BCUT2D eigenvalue weighted by Gasteiger charge is 2.18. The molecule has 0 fully saturated rings. The molecular formula is C17H16N4OS2. The SMILES string of the molecule is Cc1nn(Cc2ccccc2)c2sc(C(=O)NC3=NCCS3)cc12. The lowest BCUT2D eigenvalue weighted by Crippen LogP contribution is -2.26. The van der Waals surface area contributed by atoms with Crippen LogP contribution >= 0.6 is 23.1 Å². The Balaban J connectivity index is 1.63. The number of amides is 1. The number of aliphatic imine (C=N–C) groups is 1. The van der Waals surface area contributed by atoms with E-state index in [0.29, 0.717) is 11.4 Å². The molecule has 2 aromatic heterocycles. The maximum atomic E-state index is 12.4. The average Bonchev–Trinajstić information content (AvgIpc) is 3.29. The second-order valence-electron chi connectivity index (χ2n) is 5.55. The molecule has 0 saturated carbocycles. The molecule has 122 valence electrons. The third kappa shape index (κ3) is 2.97. The van der Waals surface area contributed by atoms with Crippen molar-refractivity contribution >= 4 is 44.4 Å². The highest BCUT2D eigenvalue weighted by molar-refractivity contribution is 8.14. The lowest BCUT2D eigenvalue weighted by Gasteiger charge is -2.03. The number of amidine groups is 1. The van der Waals surface area contributed by atoms with Crippen molar-refractivity contribution in [2.75, 3.05) is 12.3 Å². The van der Waals surface area contributed by atoms with Gasteiger partial charge in [0.1, 0.15) is 4.83 Å². The molecule has 0 radical (unpaired) electrons. The molecule has 24 heavy (non-hydrogen) atoms. The molecule has 5 nitrogen and oxygen atoms in total. The van der Waals surface area contributed by atoms with Gasteiger partial charge in [-0.25, -0.2) is 0 Å². The van der Waals surface area contributed by atoms with Crippen molar-refractivity contribution in [1.82, 2.24) is 15.1 Å². The third-order valence-electron chi connectivity index (χ3n) is 3.81. The zero-order valence-electron chi connectivity index (χ0n) is 13.2. The maximum Gasteiger partial charge on any atom is 0.267 e. The first-order chi connectivity index (χ1) is 11.7. The number of benzene rings is 1. The van der Waals surface area contributed by atoms with Crippen molar-refractivity contribution in [3.8, 4) is 0 Å². The van der Waals surface area contributed by atoms with Gasteiger partial charge in [-0.2, -0.15) is 5.10 Å². The minimum atomic E-state index is -0.0880. The van der Waals surface area contributed by atoms with Crippen LogP contribution in [0.3, 0.4) is 0 Å². The van der Waals surface area contributed by atoms with E-state index in [1.807, 2.05) is 35.9 Å². The van der Waals surface area contributed by atoms with Gasteiger partial charge in [-0.15, -0.1) is 11.3 Å². The Hall–Kier alpha value is -2.12. The third-order valence-corrected chi connectivity index (χ3v) is 5.85.